The molecule has 1 heterocycles. The van der Waals surface area contributed by atoms with Crippen molar-refractivity contribution in [3.8, 4) is 0 Å². The van der Waals surface area contributed by atoms with Gasteiger partial charge >= 0.3 is 0 Å². The average molecular weight is 444 g/mol. The van der Waals surface area contributed by atoms with E-state index in [-0.39, 0.29) is 29.1 Å². The molecule has 1 N–H and O–H groups in total. The zero-order chi connectivity index (χ0) is 22.5. The number of nitrogens with zero attached hydrogens (tertiary/aromatic N) is 2. The van der Waals surface area contributed by atoms with E-state index in [0.29, 0.717) is 18.1 Å². The molecule has 0 aliphatic heterocycles. The number of nitrogens with one attached hydrogen (secondary N) is 1. The molecule has 0 radical (unpaired) electrons. The van der Waals surface area contributed by atoms with Gasteiger partial charge < -0.3 is 14.8 Å². The second-order valence-electron chi connectivity index (χ2n) is 7.99. The third-order valence-electron chi connectivity index (χ3n) is 6.04. The number of amides is 2. The van der Waals surface area contributed by atoms with Gasteiger partial charge in [-0.25, -0.2) is 0 Å². The van der Waals surface area contributed by atoms with Crippen LogP contribution in [0.5, 0.6) is 0 Å². The van der Waals surface area contributed by atoms with Gasteiger partial charge in [-0.1, -0.05) is 42.6 Å². The van der Waals surface area contributed by atoms with E-state index in [1.165, 1.54) is 0 Å². The monoisotopic (exact) mass is 443 g/mol. The van der Waals surface area contributed by atoms with Gasteiger partial charge in [-0.15, -0.1) is 0 Å². The van der Waals surface area contributed by atoms with Crippen LogP contribution >= 0.6 is 11.6 Å². The van der Waals surface area contributed by atoms with Crippen LogP contribution in [0.4, 0.5) is 0 Å². The number of halogens is 1. The Kier molecular flexibility index (Phi) is 7.55. The predicted molar refractivity (Wildman–Crippen MR) is 123 cm³/mol. The van der Waals surface area contributed by atoms with Crippen LogP contribution in [-0.4, -0.2) is 34.4 Å². The molecule has 3 rings (SSSR count). The molecule has 2 amide bonds. The summed E-state index contributed by atoms with van der Waals surface area (Å²) in [6.07, 6.45) is 7.37. The zero-order valence-corrected chi connectivity index (χ0v) is 19.1. The molecule has 1 aromatic heterocycles. The minimum absolute atomic E-state index is 0.0104. The molecule has 1 aliphatic carbocycles. The molecule has 1 saturated carbocycles. The molecule has 2 aromatic rings. The van der Waals surface area contributed by atoms with Gasteiger partial charge in [0, 0.05) is 36.5 Å². The Bertz CT molecular complexity index is 1010. The number of rotatable bonds is 7. The molecule has 0 bridgehead atoms. The summed E-state index contributed by atoms with van der Waals surface area (Å²) in [5, 5.41) is 3.42. The third-order valence-corrected chi connectivity index (χ3v) is 6.38. The van der Waals surface area contributed by atoms with Crippen molar-refractivity contribution in [2.24, 2.45) is 0 Å². The lowest BCUT2D eigenvalue weighted by Crippen LogP contribution is -2.38. The highest BCUT2D eigenvalue weighted by atomic mass is 35.5. The first-order valence-electron chi connectivity index (χ1n) is 11.0. The van der Waals surface area contributed by atoms with Crippen molar-refractivity contribution in [3.63, 3.8) is 0 Å². The van der Waals surface area contributed by atoms with Crippen molar-refractivity contribution >= 4 is 23.4 Å². The number of benzene rings is 1. The van der Waals surface area contributed by atoms with Crippen molar-refractivity contribution < 1.29 is 9.59 Å². The van der Waals surface area contributed by atoms with Crippen LogP contribution in [0.25, 0.3) is 0 Å². The summed E-state index contributed by atoms with van der Waals surface area (Å²) in [4.78, 5) is 40.9. The number of carbonyl (C=O) groups excluding carboxylic acids is 2. The molecule has 31 heavy (non-hydrogen) atoms. The van der Waals surface area contributed by atoms with E-state index in [1.54, 1.807) is 23.4 Å². The summed E-state index contributed by atoms with van der Waals surface area (Å²) in [6, 6.07) is 7.07. The summed E-state index contributed by atoms with van der Waals surface area (Å²) in [6.45, 7) is 6.56. The highest BCUT2D eigenvalue weighted by Gasteiger charge is 2.26. The lowest BCUT2D eigenvalue weighted by Gasteiger charge is -2.22. The van der Waals surface area contributed by atoms with Crippen LogP contribution in [0.1, 0.15) is 84.8 Å². The molecule has 1 atom stereocenters. The molecule has 7 heteroatoms. The fourth-order valence-corrected chi connectivity index (χ4v) is 4.48. The van der Waals surface area contributed by atoms with Gasteiger partial charge in [-0.3, -0.25) is 14.4 Å². The standard InChI is InChI=1S/C24H30ClN3O3/c1-4-27(5-2)24(31)20-15-28(17-10-6-7-11-17)14-19(22(20)29)23(30)26-16(3)18-12-8-9-13-21(18)25/h8-9,12-17H,4-7,10-11H2,1-3H3,(H,26,30)/t16-/m1/s1. The van der Waals surface area contributed by atoms with Crippen LogP contribution < -0.4 is 10.7 Å². The van der Waals surface area contributed by atoms with Crippen molar-refractivity contribution in [2.45, 2.75) is 58.5 Å². The maximum Gasteiger partial charge on any atom is 0.259 e. The largest absolute Gasteiger partial charge is 0.349 e. The maximum absolute atomic E-state index is 13.2. The van der Waals surface area contributed by atoms with Crippen LogP contribution in [0.3, 0.4) is 0 Å². The van der Waals surface area contributed by atoms with Gasteiger partial charge in [0.2, 0.25) is 5.43 Å². The number of carbonyl (C=O) groups is 2. The molecule has 6 nitrogen and oxygen atoms in total. The molecule has 1 fully saturated rings. The van der Waals surface area contributed by atoms with E-state index in [0.717, 1.165) is 31.2 Å². The van der Waals surface area contributed by atoms with Gasteiger partial charge in [0.25, 0.3) is 11.8 Å². The predicted octanol–water partition coefficient (Wildman–Crippen LogP) is 4.59. The first-order chi connectivity index (χ1) is 14.9. The molecule has 0 unspecified atom stereocenters. The summed E-state index contributed by atoms with van der Waals surface area (Å²) in [5.74, 6) is -0.839. The molecule has 0 spiro atoms. The van der Waals surface area contributed by atoms with Crippen molar-refractivity contribution in [2.75, 3.05) is 13.1 Å². The summed E-state index contributed by atoms with van der Waals surface area (Å²) in [5.41, 5.74) is 0.275. The Hall–Kier alpha value is -2.60. The smallest absolute Gasteiger partial charge is 0.259 e. The van der Waals surface area contributed by atoms with Gasteiger partial charge in [0.15, 0.2) is 0 Å². The zero-order valence-electron chi connectivity index (χ0n) is 18.4. The van der Waals surface area contributed by atoms with Crippen LogP contribution in [-0.2, 0) is 0 Å². The lowest BCUT2D eigenvalue weighted by molar-refractivity contribution is 0.0770. The lowest BCUT2D eigenvalue weighted by atomic mass is 10.1. The highest BCUT2D eigenvalue weighted by Crippen LogP contribution is 2.29. The topological polar surface area (TPSA) is 71.4 Å². The number of hydrogen-bond acceptors (Lipinski definition) is 3. The minimum atomic E-state index is -0.532. The molecular weight excluding hydrogens is 414 g/mol. The Morgan fingerprint density at radius 1 is 1.13 bits per heavy atom. The Labute approximate surface area is 188 Å². The van der Waals surface area contributed by atoms with Crippen molar-refractivity contribution in [1.29, 1.82) is 0 Å². The summed E-state index contributed by atoms with van der Waals surface area (Å²) >= 11 is 6.26. The summed E-state index contributed by atoms with van der Waals surface area (Å²) in [7, 11) is 0. The average Bonchev–Trinajstić information content (AvgIpc) is 3.29. The van der Waals surface area contributed by atoms with Gasteiger partial charge in [0.05, 0.1) is 6.04 Å². The van der Waals surface area contributed by atoms with Crippen LogP contribution in [0.15, 0.2) is 41.5 Å². The van der Waals surface area contributed by atoms with Crippen LogP contribution in [0.2, 0.25) is 5.02 Å². The second kappa shape index (κ2) is 10.1. The van der Waals surface area contributed by atoms with Crippen LogP contribution in [0, 0.1) is 0 Å². The van der Waals surface area contributed by atoms with E-state index in [9.17, 15) is 14.4 Å². The number of aromatic nitrogens is 1. The van der Waals surface area contributed by atoms with E-state index >= 15 is 0 Å². The third kappa shape index (κ3) is 5.01. The Balaban J connectivity index is 1.99. The van der Waals surface area contributed by atoms with Gasteiger partial charge in [0.1, 0.15) is 11.1 Å². The maximum atomic E-state index is 13.2. The normalized spacial score (nSPS) is 15.0. The molecular formula is C24H30ClN3O3. The van der Waals surface area contributed by atoms with E-state index in [2.05, 4.69) is 5.32 Å². The van der Waals surface area contributed by atoms with Crippen molar-refractivity contribution in [1.82, 2.24) is 14.8 Å². The fourth-order valence-electron chi connectivity index (χ4n) is 4.18. The molecule has 1 aliphatic rings. The van der Waals surface area contributed by atoms with Crippen molar-refractivity contribution in [3.05, 3.63) is 68.6 Å². The molecule has 166 valence electrons. The second-order valence-corrected chi connectivity index (χ2v) is 8.40. The fraction of sp³-hybridized carbons (Fsp3) is 0.458. The quantitative estimate of drug-likeness (QED) is 0.680. The molecule has 1 aromatic carbocycles. The van der Waals surface area contributed by atoms with E-state index in [4.69, 9.17) is 11.6 Å². The Morgan fingerprint density at radius 3 is 2.35 bits per heavy atom. The van der Waals surface area contributed by atoms with Gasteiger partial charge in [-0.05, 0) is 45.2 Å². The van der Waals surface area contributed by atoms with E-state index < -0.39 is 11.3 Å². The number of pyridine rings is 1. The van der Waals surface area contributed by atoms with E-state index in [1.807, 2.05) is 43.5 Å². The molecule has 0 saturated heterocycles. The summed E-state index contributed by atoms with van der Waals surface area (Å²) < 4.78 is 1.89. The SMILES string of the molecule is CCN(CC)C(=O)c1cn(C2CCCC2)cc(C(=O)N[C@H](C)c2ccccc2Cl)c1=O. The minimum Gasteiger partial charge on any atom is -0.349 e. The number of hydrogen-bond donors (Lipinski definition) is 1. The highest BCUT2D eigenvalue weighted by molar-refractivity contribution is 6.31. The first-order valence-corrected chi connectivity index (χ1v) is 11.4. The Morgan fingerprint density at radius 2 is 1.74 bits per heavy atom. The first kappa shape index (κ1) is 23.1. The van der Waals surface area contributed by atoms with Gasteiger partial charge in [-0.2, -0.15) is 0 Å².